The third kappa shape index (κ3) is 23.2. The number of nitrogens with two attached hydrogens (primary N) is 5. The van der Waals surface area contributed by atoms with E-state index < -0.39 is 54.3 Å². The number of primary amides is 1. The molecule has 14 N–H and O–H groups in total. The molecule has 0 radical (unpaired) electrons. The van der Waals surface area contributed by atoms with E-state index in [-0.39, 0.29) is 6.42 Å². The van der Waals surface area contributed by atoms with Gasteiger partial charge in [0, 0.05) is 0 Å². The van der Waals surface area contributed by atoms with E-state index in [0.29, 0.717) is 13.0 Å². The van der Waals surface area contributed by atoms with Crippen LogP contribution >= 0.6 is 0 Å². The Morgan fingerprint density at radius 1 is 0.679 bits per heavy atom. The lowest BCUT2D eigenvalue weighted by Crippen LogP contribution is -2.34. The third-order valence-corrected chi connectivity index (χ3v) is 2.74. The van der Waals surface area contributed by atoms with Crippen molar-refractivity contribution < 1.29 is 44.4 Å². The zero-order chi connectivity index (χ0) is 22.9. The Morgan fingerprint density at radius 2 is 1.07 bits per heavy atom. The van der Waals surface area contributed by atoms with Gasteiger partial charge >= 0.3 is 23.9 Å². The largest absolute Gasteiger partial charge is 0.481 e. The summed E-state index contributed by atoms with van der Waals surface area (Å²) >= 11 is 0. The molecule has 0 aliphatic rings. The highest BCUT2D eigenvalue weighted by molar-refractivity contribution is 5.83. The first-order valence-corrected chi connectivity index (χ1v) is 7.91. The molecule has 164 valence electrons. The number of amides is 1. The van der Waals surface area contributed by atoms with Crippen LogP contribution in [0.3, 0.4) is 0 Å². The Bertz CT molecular complexity index is 483. The van der Waals surface area contributed by atoms with Gasteiger partial charge in [-0.1, -0.05) is 6.42 Å². The van der Waals surface area contributed by atoms with Crippen LogP contribution in [0.5, 0.6) is 0 Å². The molecule has 0 rings (SSSR count). The molecule has 3 atom stereocenters. The first-order chi connectivity index (χ1) is 12.8. The van der Waals surface area contributed by atoms with Crippen molar-refractivity contribution in [3.05, 3.63) is 0 Å². The summed E-state index contributed by atoms with van der Waals surface area (Å²) in [7, 11) is 0. The molecule has 0 heterocycles. The summed E-state index contributed by atoms with van der Waals surface area (Å²) < 4.78 is 0. The second-order valence-corrected chi connectivity index (χ2v) is 5.39. The van der Waals surface area contributed by atoms with Gasteiger partial charge in [-0.15, -0.1) is 0 Å². The maximum Gasteiger partial charge on any atom is 0.321 e. The summed E-state index contributed by atoms with van der Waals surface area (Å²) in [6.45, 7) is 0.604. The van der Waals surface area contributed by atoms with Gasteiger partial charge in [-0.05, 0) is 19.4 Å². The van der Waals surface area contributed by atoms with Crippen molar-refractivity contribution in [3.8, 4) is 0 Å². The van der Waals surface area contributed by atoms with Crippen LogP contribution in [0.15, 0.2) is 0 Å². The third-order valence-electron chi connectivity index (χ3n) is 2.74. The van der Waals surface area contributed by atoms with Crippen LogP contribution in [0.25, 0.3) is 0 Å². The van der Waals surface area contributed by atoms with Gasteiger partial charge in [0.05, 0.1) is 12.8 Å². The lowest BCUT2D eigenvalue weighted by molar-refractivity contribution is -0.144. The number of carboxylic acids is 4. The molecule has 0 aliphatic heterocycles. The molecular weight excluding hydrogens is 382 g/mol. The molecule has 0 bridgehead atoms. The molecule has 0 fully saturated rings. The fraction of sp³-hybridized carbons (Fsp3) is 0.643. The Balaban J connectivity index is -0.000000336. The highest BCUT2D eigenvalue weighted by Gasteiger charge is 2.14. The van der Waals surface area contributed by atoms with Gasteiger partial charge in [-0.25, -0.2) is 0 Å². The van der Waals surface area contributed by atoms with Crippen molar-refractivity contribution >= 4 is 29.8 Å². The average Bonchev–Trinajstić information content (AvgIpc) is 2.54. The zero-order valence-corrected chi connectivity index (χ0v) is 15.2. The molecular formula is C14H29N5O9. The number of hydrogen-bond acceptors (Lipinski definition) is 9. The van der Waals surface area contributed by atoms with Crippen molar-refractivity contribution in [2.24, 2.45) is 28.7 Å². The van der Waals surface area contributed by atoms with E-state index in [1.165, 1.54) is 0 Å². The SMILES string of the molecule is NC(=O)CC(N)C(=O)O.NC(CC(=O)O)C(=O)O.NCCCCC(N)C(=O)O. The van der Waals surface area contributed by atoms with Crippen molar-refractivity contribution in [3.63, 3.8) is 0 Å². The van der Waals surface area contributed by atoms with E-state index in [9.17, 15) is 24.0 Å². The van der Waals surface area contributed by atoms with Crippen LogP contribution in [0.1, 0.15) is 32.1 Å². The normalized spacial score (nSPS) is 12.7. The molecule has 0 aromatic rings. The molecule has 14 heteroatoms. The predicted molar refractivity (Wildman–Crippen MR) is 95.8 cm³/mol. The van der Waals surface area contributed by atoms with Crippen LogP contribution in [0.4, 0.5) is 0 Å². The minimum absolute atomic E-state index is 0.310. The molecule has 0 saturated heterocycles. The standard InChI is InChI=1S/C6H14N2O2.C4H8N2O3.C4H7NO4/c7-4-2-1-3-5(8)6(9)10;2*5-2(4(8)9)1-3(6)7/h5H,1-4,7-8H2,(H,9,10);2H,1,5H2,(H2,6,7)(H,8,9);2H,1,5H2,(H,6,7)(H,8,9). The summed E-state index contributed by atoms with van der Waals surface area (Å²) in [6.07, 6.45) is 1.32. The van der Waals surface area contributed by atoms with E-state index >= 15 is 0 Å². The van der Waals surface area contributed by atoms with Crippen molar-refractivity contribution in [1.82, 2.24) is 0 Å². The number of aliphatic carboxylic acids is 4. The van der Waals surface area contributed by atoms with Crippen LogP contribution in [-0.2, 0) is 24.0 Å². The van der Waals surface area contributed by atoms with Crippen LogP contribution in [0.2, 0.25) is 0 Å². The molecule has 0 aliphatic carbocycles. The number of carbonyl (C=O) groups is 5. The summed E-state index contributed by atoms with van der Waals surface area (Å²) in [4.78, 5) is 49.6. The summed E-state index contributed by atoms with van der Waals surface area (Å²) in [5.74, 6) is -5.35. The molecule has 0 aromatic carbocycles. The second kappa shape index (κ2) is 17.6. The molecule has 0 saturated carbocycles. The average molecular weight is 411 g/mol. The summed E-state index contributed by atoms with van der Waals surface area (Å²) in [5, 5.41) is 32.5. The zero-order valence-electron chi connectivity index (χ0n) is 15.2. The van der Waals surface area contributed by atoms with E-state index in [2.05, 4.69) is 5.73 Å². The number of rotatable bonds is 11. The van der Waals surface area contributed by atoms with E-state index in [1.54, 1.807) is 0 Å². The smallest absolute Gasteiger partial charge is 0.321 e. The van der Waals surface area contributed by atoms with Gasteiger partial charge in [0.15, 0.2) is 0 Å². The Hall–Kier alpha value is -2.81. The minimum atomic E-state index is -1.29. The fourth-order valence-electron chi connectivity index (χ4n) is 1.21. The van der Waals surface area contributed by atoms with Crippen molar-refractivity contribution in [2.45, 2.75) is 50.2 Å². The summed E-state index contributed by atoms with van der Waals surface area (Å²) in [5.41, 5.74) is 24.8. The predicted octanol–water partition coefficient (Wildman–Crippen LogP) is -3.33. The Morgan fingerprint density at radius 3 is 1.29 bits per heavy atom. The lowest BCUT2D eigenvalue weighted by atomic mass is 10.1. The lowest BCUT2D eigenvalue weighted by Gasteiger charge is -2.03. The van der Waals surface area contributed by atoms with Gasteiger partial charge < -0.3 is 49.1 Å². The maximum absolute atomic E-state index is 10.1. The van der Waals surface area contributed by atoms with Gasteiger partial charge in [0.25, 0.3) is 0 Å². The van der Waals surface area contributed by atoms with E-state index in [4.69, 9.17) is 43.4 Å². The quantitative estimate of drug-likeness (QED) is 0.150. The Kier molecular flexibility index (Phi) is 18.8. The number of hydrogen-bond donors (Lipinski definition) is 9. The maximum atomic E-state index is 10.1. The molecule has 0 spiro atoms. The van der Waals surface area contributed by atoms with Gasteiger partial charge in [-0.2, -0.15) is 0 Å². The highest BCUT2D eigenvalue weighted by Crippen LogP contribution is 1.97. The fourth-order valence-corrected chi connectivity index (χ4v) is 1.21. The molecule has 3 unspecified atom stereocenters. The molecule has 14 nitrogen and oxygen atoms in total. The Labute approximate surface area is 160 Å². The number of unbranched alkanes of at least 4 members (excludes halogenated alkanes) is 1. The van der Waals surface area contributed by atoms with Gasteiger partial charge in [-0.3, -0.25) is 24.0 Å². The first kappa shape index (κ1) is 29.9. The molecule has 1 amide bonds. The van der Waals surface area contributed by atoms with Crippen molar-refractivity contribution in [2.75, 3.05) is 6.54 Å². The van der Waals surface area contributed by atoms with Crippen LogP contribution in [-0.4, -0.2) is 74.9 Å². The number of carbonyl (C=O) groups excluding carboxylic acids is 1. The van der Waals surface area contributed by atoms with E-state index in [0.717, 1.165) is 12.8 Å². The van der Waals surface area contributed by atoms with Gasteiger partial charge in [0.1, 0.15) is 18.1 Å². The van der Waals surface area contributed by atoms with Gasteiger partial charge in [0.2, 0.25) is 5.91 Å². The molecule has 0 aromatic heterocycles. The summed E-state index contributed by atoms with van der Waals surface area (Å²) in [6, 6.07) is -3.17. The monoisotopic (exact) mass is 411 g/mol. The topological polar surface area (TPSA) is 296 Å². The highest BCUT2D eigenvalue weighted by atomic mass is 16.4. The minimum Gasteiger partial charge on any atom is -0.481 e. The molecule has 28 heavy (non-hydrogen) atoms. The number of carboxylic acid groups (broad SMARTS) is 4. The first-order valence-electron chi connectivity index (χ1n) is 7.91. The van der Waals surface area contributed by atoms with Crippen LogP contribution in [0, 0.1) is 0 Å². The second-order valence-electron chi connectivity index (χ2n) is 5.39. The van der Waals surface area contributed by atoms with E-state index in [1.807, 2.05) is 0 Å². The van der Waals surface area contributed by atoms with Crippen LogP contribution < -0.4 is 28.7 Å². The van der Waals surface area contributed by atoms with Crippen molar-refractivity contribution in [1.29, 1.82) is 0 Å².